The number of rotatable bonds is 4. The molecule has 0 radical (unpaired) electrons. The maximum atomic E-state index is 12.2. The van der Waals surface area contributed by atoms with E-state index in [-0.39, 0.29) is 24.4 Å². The fourth-order valence-corrected chi connectivity index (χ4v) is 4.05. The van der Waals surface area contributed by atoms with Crippen molar-refractivity contribution in [1.29, 1.82) is 0 Å². The van der Waals surface area contributed by atoms with Crippen LogP contribution in [-0.4, -0.2) is 18.5 Å². The smallest absolute Gasteiger partial charge is 0.309 e. The number of esters is 1. The van der Waals surface area contributed by atoms with Crippen LogP contribution < -0.4 is 5.32 Å². The van der Waals surface area contributed by atoms with Crippen LogP contribution in [0.15, 0.2) is 18.2 Å². The summed E-state index contributed by atoms with van der Waals surface area (Å²) in [5, 5.41) is 2.80. The van der Waals surface area contributed by atoms with Gasteiger partial charge < -0.3 is 10.1 Å². The topological polar surface area (TPSA) is 55.4 Å². The van der Waals surface area contributed by atoms with Crippen LogP contribution in [0.25, 0.3) is 0 Å². The quantitative estimate of drug-likeness (QED) is 0.515. The third kappa shape index (κ3) is 5.97. The van der Waals surface area contributed by atoms with E-state index in [1.807, 2.05) is 25.1 Å². The van der Waals surface area contributed by atoms with Gasteiger partial charge in [-0.05, 0) is 90.3 Å². The fraction of sp³-hybridized carbons (Fsp3) is 0.600. The number of carbonyl (C=O) groups excluding carboxylic acids is 2. The monoisotopic (exact) mass is 457 g/mol. The average Bonchev–Trinajstić information content (AvgIpc) is 2.54. The number of hydrogen-bond donors (Lipinski definition) is 1. The highest BCUT2D eigenvalue weighted by atomic mass is 127. The Hall–Kier alpha value is -1.11. The Labute approximate surface area is 164 Å². The minimum atomic E-state index is -0.291. The molecule has 2 rings (SSSR count). The van der Waals surface area contributed by atoms with E-state index in [1.54, 1.807) is 0 Å². The SMILES string of the molecule is Cc1cc(I)ccc1NC(=O)COC(=O)C1CCC(C(C)(C)C)CC1. The predicted octanol–water partition coefficient (Wildman–Crippen LogP) is 4.93. The van der Waals surface area contributed by atoms with Gasteiger partial charge in [-0.1, -0.05) is 20.8 Å². The molecular weight excluding hydrogens is 429 g/mol. The van der Waals surface area contributed by atoms with E-state index in [0.717, 1.165) is 40.5 Å². The van der Waals surface area contributed by atoms with E-state index < -0.39 is 0 Å². The molecule has 0 saturated heterocycles. The zero-order chi connectivity index (χ0) is 18.6. The number of carbonyl (C=O) groups is 2. The zero-order valence-corrected chi connectivity index (χ0v) is 17.7. The van der Waals surface area contributed by atoms with Gasteiger partial charge in [0.05, 0.1) is 5.92 Å². The lowest BCUT2D eigenvalue weighted by molar-refractivity contribution is -0.153. The summed E-state index contributed by atoms with van der Waals surface area (Å²) in [7, 11) is 0. The van der Waals surface area contributed by atoms with Crippen molar-refractivity contribution in [1.82, 2.24) is 0 Å². The van der Waals surface area contributed by atoms with E-state index in [0.29, 0.717) is 11.3 Å². The number of nitrogens with one attached hydrogen (secondary N) is 1. The lowest BCUT2D eigenvalue weighted by atomic mass is 9.70. The molecule has 1 aromatic rings. The van der Waals surface area contributed by atoms with Gasteiger partial charge in [0.2, 0.25) is 0 Å². The standard InChI is InChI=1S/C20H28INO3/c1-13-11-16(21)9-10-17(13)22-18(23)12-25-19(24)14-5-7-15(8-6-14)20(2,3)4/h9-11,14-15H,5-8,12H2,1-4H3,(H,22,23). The van der Waals surface area contributed by atoms with Crippen molar-refractivity contribution < 1.29 is 14.3 Å². The van der Waals surface area contributed by atoms with Crippen LogP contribution in [0.4, 0.5) is 5.69 Å². The molecular formula is C20H28INO3. The van der Waals surface area contributed by atoms with Gasteiger partial charge in [-0.2, -0.15) is 0 Å². The molecule has 5 heteroatoms. The highest BCUT2D eigenvalue weighted by Gasteiger charge is 2.33. The lowest BCUT2D eigenvalue weighted by Crippen LogP contribution is -2.31. The molecule has 1 fully saturated rings. The highest BCUT2D eigenvalue weighted by molar-refractivity contribution is 14.1. The summed E-state index contributed by atoms with van der Waals surface area (Å²) >= 11 is 2.23. The second-order valence-electron chi connectivity index (χ2n) is 8.03. The number of hydrogen-bond acceptors (Lipinski definition) is 3. The van der Waals surface area contributed by atoms with E-state index in [9.17, 15) is 9.59 Å². The van der Waals surface area contributed by atoms with Crippen molar-refractivity contribution in [2.24, 2.45) is 17.3 Å². The number of amides is 1. The van der Waals surface area contributed by atoms with Gasteiger partial charge in [-0.25, -0.2) is 0 Å². The largest absolute Gasteiger partial charge is 0.455 e. The Morgan fingerprint density at radius 1 is 1.20 bits per heavy atom. The normalized spacial score (nSPS) is 20.8. The molecule has 0 aliphatic heterocycles. The fourth-order valence-electron chi connectivity index (χ4n) is 3.40. The molecule has 1 aliphatic rings. The van der Waals surface area contributed by atoms with Crippen LogP contribution in [0, 0.1) is 27.7 Å². The first-order valence-electron chi connectivity index (χ1n) is 8.89. The second kappa shape index (κ2) is 8.52. The van der Waals surface area contributed by atoms with Crippen molar-refractivity contribution in [2.45, 2.75) is 53.4 Å². The van der Waals surface area contributed by atoms with Gasteiger partial charge in [-0.3, -0.25) is 9.59 Å². The average molecular weight is 457 g/mol. The van der Waals surface area contributed by atoms with Crippen LogP contribution in [-0.2, 0) is 14.3 Å². The van der Waals surface area contributed by atoms with E-state index in [1.165, 1.54) is 0 Å². The Bertz CT molecular complexity index is 628. The van der Waals surface area contributed by atoms with Crippen LogP contribution in [0.3, 0.4) is 0 Å². The number of halogens is 1. The third-order valence-electron chi connectivity index (χ3n) is 5.09. The van der Waals surface area contributed by atoms with Gasteiger partial charge in [-0.15, -0.1) is 0 Å². The summed E-state index contributed by atoms with van der Waals surface area (Å²) < 4.78 is 6.36. The van der Waals surface area contributed by atoms with E-state index in [2.05, 4.69) is 48.7 Å². The molecule has 1 aliphatic carbocycles. The minimum absolute atomic E-state index is 0.0635. The number of anilines is 1. The summed E-state index contributed by atoms with van der Waals surface area (Å²) in [5.74, 6) is 0.0676. The molecule has 0 spiro atoms. The molecule has 1 saturated carbocycles. The summed E-state index contributed by atoms with van der Waals surface area (Å²) in [6.07, 6.45) is 3.83. The van der Waals surface area contributed by atoms with Gasteiger partial charge in [0.1, 0.15) is 0 Å². The molecule has 4 nitrogen and oxygen atoms in total. The summed E-state index contributed by atoms with van der Waals surface area (Å²) in [5.41, 5.74) is 2.04. The zero-order valence-electron chi connectivity index (χ0n) is 15.5. The molecule has 1 aromatic carbocycles. The predicted molar refractivity (Wildman–Crippen MR) is 108 cm³/mol. The number of ether oxygens (including phenoxy) is 1. The van der Waals surface area contributed by atoms with Gasteiger partial charge in [0.15, 0.2) is 6.61 Å². The van der Waals surface area contributed by atoms with Crippen LogP contribution in [0.1, 0.15) is 52.0 Å². The van der Waals surface area contributed by atoms with Crippen molar-refractivity contribution in [3.8, 4) is 0 Å². The van der Waals surface area contributed by atoms with Gasteiger partial charge in [0.25, 0.3) is 5.91 Å². The Morgan fingerprint density at radius 3 is 2.40 bits per heavy atom. The first kappa shape index (κ1) is 20.2. The first-order chi connectivity index (χ1) is 11.7. The Balaban J connectivity index is 1.77. The molecule has 0 atom stereocenters. The lowest BCUT2D eigenvalue weighted by Gasteiger charge is -2.36. The van der Waals surface area contributed by atoms with Crippen molar-refractivity contribution in [2.75, 3.05) is 11.9 Å². The molecule has 0 unspecified atom stereocenters. The second-order valence-corrected chi connectivity index (χ2v) is 9.28. The highest BCUT2D eigenvalue weighted by Crippen LogP contribution is 2.40. The molecule has 138 valence electrons. The molecule has 1 amide bonds. The molecule has 0 aromatic heterocycles. The van der Waals surface area contributed by atoms with Crippen LogP contribution in [0.5, 0.6) is 0 Å². The minimum Gasteiger partial charge on any atom is -0.455 e. The Morgan fingerprint density at radius 2 is 1.84 bits per heavy atom. The molecule has 0 heterocycles. The third-order valence-corrected chi connectivity index (χ3v) is 5.76. The van der Waals surface area contributed by atoms with E-state index in [4.69, 9.17) is 4.74 Å². The van der Waals surface area contributed by atoms with Crippen molar-refractivity contribution >= 4 is 40.2 Å². The maximum absolute atomic E-state index is 12.2. The van der Waals surface area contributed by atoms with Crippen molar-refractivity contribution in [3.63, 3.8) is 0 Å². The molecule has 25 heavy (non-hydrogen) atoms. The summed E-state index contributed by atoms with van der Waals surface area (Å²) in [6, 6.07) is 5.79. The number of benzene rings is 1. The first-order valence-corrected chi connectivity index (χ1v) is 9.97. The van der Waals surface area contributed by atoms with Gasteiger partial charge in [0, 0.05) is 9.26 Å². The maximum Gasteiger partial charge on any atom is 0.309 e. The molecule has 1 N–H and O–H groups in total. The van der Waals surface area contributed by atoms with Crippen LogP contribution >= 0.6 is 22.6 Å². The van der Waals surface area contributed by atoms with Gasteiger partial charge >= 0.3 is 5.97 Å². The summed E-state index contributed by atoms with van der Waals surface area (Å²) in [4.78, 5) is 24.2. The van der Waals surface area contributed by atoms with Crippen LogP contribution in [0.2, 0.25) is 0 Å². The van der Waals surface area contributed by atoms with E-state index >= 15 is 0 Å². The Kier molecular flexibility index (Phi) is 6.88. The molecule has 0 bridgehead atoms. The van der Waals surface area contributed by atoms with Crippen molar-refractivity contribution in [3.05, 3.63) is 27.3 Å². The summed E-state index contributed by atoms with van der Waals surface area (Å²) in [6.45, 7) is 8.49. The number of aryl methyl sites for hydroxylation is 1.